The minimum atomic E-state index is -4.17. The highest BCUT2D eigenvalue weighted by Gasteiger charge is 2.37. The van der Waals surface area contributed by atoms with E-state index in [0.29, 0.717) is 41.7 Å². The van der Waals surface area contributed by atoms with Gasteiger partial charge in [-0.2, -0.15) is 9.04 Å². The van der Waals surface area contributed by atoms with E-state index in [-0.39, 0.29) is 29.5 Å². The largest absolute Gasteiger partial charge is 0.618 e. The zero-order chi connectivity index (χ0) is 30.6. The third kappa shape index (κ3) is 6.77. The molecule has 1 aromatic carbocycles. The van der Waals surface area contributed by atoms with E-state index in [1.165, 1.54) is 32.4 Å². The van der Waals surface area contributed by atoms with Gasteiger partial charge in [-0.3, -0.25) is 9.59 Å². The van der Waals surface area contributed by atoms with E-state index in [2.05, 4.69) is 10.6 Å². The Hall–Kier alpha value is -3.88. The van der Waals surface area contributed by atoms with Crippen LogP contribution in [0.4, 0.5) is 0 Å². The summed E-state index contributed by atoms with van der Waals surface area (Å²) in [6.07, 6.45) is 0.777. The summed E-state index contributed by atoms with van der Waals surface area (Å²) in [5.41, 5.74) is 0.404. The van der Waals surface area contributed by atoms with Gasteiger partial charge in [-0.1, -0.05) is 13.8 Å². The first-order valence-electron chi connectivity index (χ1n) is 13.6. The normalized spacial score (nSPS) is 18.8. The number of nitrogens with one attached hydrogen (secondary N) is 2. The van der Waals surface area contributed by atoms with Gasteiger partial charge in [-0.25, -0.2) is 8.42 Å². The molecule has 3 heterocycles. The highest BCUT2D eigenvalue weighted by molar-refractivity contribution is 7.88. The van der Waals surface area contributed by atoms with Gasteiger partial charge >= 0.3 is 15.0 Å². The maximum Gasteiger partial charge on any atom is 0.323 e. The van der Waals surface area contributed by atoms with Crippen molar-refractivity contribution in [1.82, 2.24) is 14.9 Å². The highest BCUT2D eigenvalue weighted by atomic mass is 32.2. The molecule has 3 aromatic rings. The fourth-order valence-corrected chi connectivity index (χ4v) is 6.45. The zero-order valence-corrected chi connectivity index (χ0v) is 24.7. The van der Waals surface area contributed by atoms with Crippen LogP contribution in [0.25, 0.3) is 11.0 Å². The van der Waals surface area contributed by atoms with Gasteiger partial charge in [0.1, 0.15) is 11.6 Å². The Morgan fingerprint density at radius 1 is 1.19 bits per heavy atom. The van der Waals surface area contributed by atoms with Crippen LogP contribution < -0.4 is 24.8 Å². The molecule has 1 fully saturated rings. The Morgan fingerprint density at radius 2 is 1.90 bits per heavy atom. The van der Waals surface area contributed by atoms with Crippen LogP contribution in [0.5, 0.6) is 11.5 Å². The van der Waals surface area contributed by atoms with E-state index in [9.17, 15) is 28.3 Å². The molecule has 1 aliphatic rings. The number of hydrogen-bond acceptors (Lipinski definition) is 9. The van der Waals surface area contributed by atoms with Crippen molar-refractivity contribution in [3.05, 3.63) is 53.6 Å². The van der Waals surface area contributed by atoms with Crippen LogP contribution in [-0.4, -0.2) is 75.1 Å². The van der Waals surface area contributed by atoms with E-state index in [1.54, 1.807) is 18.2 Å². The second-order valence-electron chi connectivity index (χ2n) is 10.6. The van der Waals surface area contributed by atoms with Crippen LogP contribution in [0, 0.1) is 11.1 Å². The predicted octanol–water partition coefficient (Wildman–Crippen LogP) is 1.56. The molecule has 13 nitrogen and oxygen atoms in total. The number of amides is 2. The molecule has 3 atom stereocenters. The summed E-state index contributed by atoms with van der Waals surface area (Å²) in [7, 11) is -1.19. The number of carbonyl (C=O) groups excluding carboxylic acids is 2. The molecule has 0 aliphatic carbocycles. The number of β-amino-alcohol motifs (C(OH)–C–C–N with tert-alkyl or cyclic N) is 1. The van der Waals surface area contributed by atoms with Gasteiger partial charge in [0, 0.05) is 36.7 Å². The number of aliphatic hydroxyl groups excluding tert-OH is 1. The molecule has 2 amide bonds. The number of fused-ring (bicyclic) bond motifs is 1. The van der Waals surface area contributed by atoms with Crippen molar-refractivity contribution in [3.8, 4) is 11.5 Å². The third-order valence-electron chi connectivity index (χ3n) is 7.07. The van der Waals surface area contributed by atoms with Crippen LogP contribution >= 0.6 is 0 Å². The Morgan fingerprint density at radius 3 is 2.57 bits per heavy atom. The lowest BCUT2D eigenvalue weighted by Crippen LogP contribution is -2.54. The lowest BCUT2D eigenvalue weighted by Gasteiger charge is -2.27. The molecule has 0 radical (unpaired) electrons. The van der Waals surface area contributed by atoms with Crippen molar-refractivity contribution in [2.75, 3.05) is 27.3 Å². The van der Waals surface area contributed by atoms with Gasteiger partial charge in [-0.05, 0) is 43.4 Å². The van der Waals surface area contributed by atoms with Crippen LogP contribution in [0.15, 0.2) is 52.0 Å². The standard InChI is InChI=1S/C28H36N4O9S/c1-17(2)12-20(30-28(35)25-14-18-13-23(39-3)24(40-4)15-22(18)41-25)27(34)29-19-8-7-10-31(16-21(19)33)42(37,38)26-9-5-6-11-32(26)36/h5-6,9,11,13-15,17,19-21,33H,7-8,10,12,16H2,1-4H3,(H,29,34)(H,30,35)/t19?,20?,21-/m0/s1. The maximum absolute atomic E-state index is 13.4. The van der Waals surface area contributed by atoms with Crippen LogP contribution in [-0.2, 0) is 14.8 Å². The number of aromatic nitrogens is 1. The number of nitrogens with zero attached hydrogens (tertiary/aromatic N) is 2. The number of pyridine rings is 1. The summed E-state index contributed by atoms with van der Waals surface area (Å²) >= 11 is 0. The minimum absolute atomic E-state index is 0.00580. The second-order valence-corrected chi connectivity index (χ2v) is 12.4. The average molecular weight is 605 g/mol. The van der Waals surface area contributed by atoms with Crippen molar-refractivity contribution in [2.45, 2.75) is 56.3 Å². The van der Waals surface area contributed by atoms with Crippen LogP contribution in [0.1, 0.15) is 43.7 Å². The number of hydrogen-bond donors (Lipinski definition) is 3. The summed E-state index contributed by atoms with van der Waals surface area (Å²) in [6.45, 7) is 3.56. The summed E-state index contributed by atoms with van der Waals surface area (Å²) in [5.74, 6) is -0.176. The van der Waals surface area contributed by atoms with Crippen molar-refractivity contribution >= 4 is 32.8 Å². The van der Waals surface area contributed by atoms with Crippen molar-refractivity contribution in [3.63, 3.8) is 0 Å². The lowest BCUT2D eigenvalue weighted by atomic mass is 10.0. The zero-order valence-electron chi connectivity index (χ0n) is 23.9. The van der Waals surface area contributed by atoms with Crippen LogP contribution in [0.2, 0.25) is 0 Å². The second kappa shape index (κ2) is 13.0. The molecule has 0 spiro atoms. The van der Waals surface area contributed by atoms with Gasteiger partial charge < -0.3 is 34.8 Å². The van der Waals surface area contributed by atoms with Gasteiger partial charge in [0.2, 0.25) is 5.91 Å². The van der Waals surface area contributed by atoms with E-state index >= 15 is 0 Å². The number of carbonyl (C=O) groups is 2. The van der Waals surface area contributed by atoms with Crippen molar-refractivity contribution in [1.29, 1.82) is 0 Å². The molecule has 1 aliphatic heterocycles. The molecule has 2 aromatic heterocycles. The monoisotopic (exact) mass is 604 g/mol. The smallest absolute Gasteiger partial charge is 0.323 e. The Balaban J connectivity index is 1.46. The van der Waals surface area contributed by atoms with E-state index in [0.717, 1.165) is 10.5 Å². The van der Waals surface area contributed by atoms with Gasteiger partial charge in [0.05, 0.1) is 26.4 Å². The SMILES string of the molecule is COc1cc2cc(C(=O)NC(CC(C)C)C(=O)NC3CCCN(S(=O)(=O)c4cccc[n+]4[O-])C[C@@H]3O)oc2cc1OC. The van der Waals surface area contributed by atoms with Crippen LogP contribution in [0.3, 0.4) is 0 Å². The number of rotatable bonds is 10. The molecule has 14 heteroatoms. The van der Waals surface area contributed by atoms with Crippen molar-refractivity contribution in [2.24, 2.45) is 5.92 Å². The molecule has 1 saturated heterocycles. The van der Waals surface area contributed by atoms with E-state index in [4.69, 9.17) is 13.9 Å². The number of furan rings is 1. The molecule has 0 bridgehead atoms. The predicted molar refractivity (Wildman–Crippen MR) is 151 cm³/mol. The molecule has 2 unspecified atom stereocenters. The number of ether oxygens (including phenoxy) is 2. The molecule has 228 valence electrons. The number of aliphatic hydroxyl groups is 1. The molecule has 0 saturated carbocycles. The first-order valence-corrected chi connectivity index (χ1v) is 15.0. The Bertz CT molecular complexity index is 1500. The topological polar surface area (TPSA) is 174 Å². The van der Waals surface area contributed by atoms with Gasteiger partial charge in [0.15, 0.2) is 23.5 Å². The third-order valence-corrected chi connectivity index (χ3v) is 8.93. The first kappa shape index (κ1) is 31.1. The minimum Gasteiger partial charge on any atom is -0.618 e. The number of methoxy groups -OCH3 is 2. The summed E-state index contributed by atoms with van der Waals surface area (Å²) < 4.78 is 43.8. The summed E-state index contributed by atoms with van der Waals surface area (Å²) in [4.78, 5) is 26.5. The number of sulfonamides is 1. The quantitative estimate of drug-likeness (QED) is 0.229. The first-order chi connectivity index (χ1) is 19.9. The molecular weight excluding hydrogens is 568 g/mol. The fourth-order valence-electron chi connectivity index (χ4n) is 4.93. The maximum atomic E-state index is 13.4. The number of benzene rings is 1. The lowest BCUT2D eigenvalue weighted by molar-refractivity contribution is -0.646. The van der Waals surface area contributed by atoms with E-state index < -0.39 is 45.1 Å². The summed E-state index contributed by atoms with van der Waals surface area (Å²) in [6, 6.07) is 7.17. The Labute approximate surface area is 244 Å². The molecule has 3 N–H and O–H groups in total. The average Bonchev–Trinajstić information content (AvgIpc) is 3.28. The van der Waals surface area contributed by atoms with Gasteiger partial charge in [-0.15, -0.1) is 0 Å². The highest BCUT2D eigenvalue weighted by Crippen LogP contribution is 2.33. The van der Waals surface area contributed by atoms with E-state index in [1.807, 2.05) is 13.8 Å². The molecule has 42 heavy (non-hydrogen) atoms. The van der Waals surface area contributed by atoms with Gasteiger partial charge in [0.25, 0.3) is 5.91 Å². The summed E-state index contributed by atoms with van der Waals surface area (Å²) in [5, 5.41) is 28.7. The Kier molecular flexibility index (Phi) is 9.59. The van der Waals surface area contributed by atoms with Crippen molar-refractivity contribution < 1.29 is 41.7 Å². The molecular formula is C28H36N4O9S. The fraction of sp³-hybridized carbons (Fsp3) is 0.464. The molecule has 4 rings (SSSR count).